The molecule has 2 nitrogen and oxygen atoms in total. The number of anilines is 1. The second-order valence-electron chi connectivity index (χ2n) is 5.24. The Morgan fingerprint density at radius 3 is 2.40 bits per heavy atom. The van der Waals surface area contributed by atoms with Crippen molar-refractivity contribution in [1.82, 2.24) is 0 Å². The topological polar surface area (TPSA) is 32.3 Å². The summed E-state index contributed by atoms with van der Waals surface area (Å²) in [4.78, 5) is 0. The van der Waals surface area contributed by atoms with E-state index in [1.54, 1.807) is 0 Å². The summed E-state index contributed by atoms with van der Waals surface area (Å²) in [6.45, 7) is 5.90. The summed E-state index contributed by atoms with van der Waals surface area (Å²) < 4.78 is 13.4. The first-order valence-electron chi connectivity index (χ1n) is 6.71. The lowest BCUT2D eigenvalue weighted by Gasteiger charge is -2.19. The van der Waals surface area contributed by atoms with Crippen LogP contribution in [0.2, 0.25) is 0 Å². The first kappa shape index (κ1) is 14.5. The van der Waals surface area contributed by atoms with Gasteiger partial charge in [-0.25, -0.2) is 4.39 Å². The van der Waals surface area contributed by atoms with Gasteiger partial charge in [-0.15, -0.1) is 0 Å². The summed E-state index contributed by atoms with van der Waals surface area (Å²) in [6, 6.07) is 10.6. The molecule has 0 heterocycles. The van der Waals surface area contributed by atoms with Crippen molar-refractivity contribution in [1.29, 1.82) is 0 Å². The molecular formula is C17H20FNO. The zero-order valence-electron chi connectivity index (χ0n) is 12.1. The highest BCUT2D eigenvalue weighted by Gasteiger charge is 2.11. The molecule has 0 amide bonds. The van der Waals surface area contributed by atoms with Crippen molar-refractivity contribution >= 4 is 5.69 Å². The lowest BCUT2D eigenvalue weighted by molar-refractivity contribution is 0.276. The molecule has 0 radical (unpaired) electrons. The zero-order valence-corrected chi connectivity index (χ0v) is 12.1. The van der Waals surface area contributed by atoms with Crippen molar-refractivity contribution in [3.63, 3.8) is 0 Å². The first-order valence-corrected chi connectivity index (χ1v) is 6.71. The van der Waals surface area contributed by atoms with Crippen LogP contribution < -0.4 is 5.32 Å². The van der Waals surface area contributed by atoms with E-state index in [0.29, 0.717) is 5.69 Å². The minimum absolute atomic E-state index is 0.0436. The predicted molar refractivity (Wildman–Crippen MR) is 80.5 cm³/mol. The molecule has 1 atom stereocenters. The Hall–Kier alpha value is -1.87. The summed E-state index contributed by atoms with van der Waals surface area (Å²) in [5.41, 5.74) is 4.92. The number of nitrogens with one attached hydrogen (secondary N) is 1. The van der Waals surface area contributed by atoms with E-state index in [4.69, 9.17) is 0 Å². The van der Waals surface area contributed by atoms with E-state index in [1.807, 2.05) is 32.0 Å². The standard InChI is InChI=1S/C17H20FNO/c1-11-6-15(18)9-16(7-11)19-17(10-20)14-5-4-12(2)13(3)8-14/h4-9,17,19-20H,10H2,1-3H3. The number of aryl methyl sites for hydroxylation is 3. The lowest BCUT2D eigenvalue weighted by atomic mass is 10.0. The van der Waals surface area contributed by atoms with Crippen molar-refractivity contribution in [2.45, 2.75) is 26.8 Å². The van der Waals surface area contributed by atoms with Gasteiger partial charge in [0.05, 0.1) is 12.6 Å². The fourth-order valence-electron chi connectivity index (χ4n) is 2.24. The largest absolute Gasteiger partial charge is 0.394 e. The average molecular weight is 273 g/mol. The Balaban J connectivity index is 2.26. The molecule has 2 N–H and O–H groups in total. The number of aliphatic hydroxyl groups excluding tert-OH is 1. The van der Waals surface area contributed by atoms with Crippen molar-refractivity contribution in [3.8, 4) is 0 Å². The third kappa shape index (κ3) is 3.36. The van der Waals surface area contributed by atoms with E-state index in [0.717, 1.165) is 11.1 Å². The first-order chi connectivity index (χ1) is 9.49. The highest BCUT2D eigenvalue weighted by atomic mass is 19.1. The highest BCUT2D eigenvalue weighted by molar-refractivity contribution is 5.48. The SMILES string of the molecule is Cc1cc(F)cc(NC(CO)c2ccc(C)c(C)c2)c1. The Morgan fingerprint density at radius 2 is 1.80 bits per heavy atom. The molecule has 106 valence electrons. The average Bonchev–Trinajstić information content (AvgIpc) is 2.38. The van der Waals surface area contributed by atoms with Crippen molar-refractivity contribution in [2.24, 2.45) is 0 Å². The van der Waals surface area contributed by atoms with Gasteiger partial charge < -0.3 is 10.4 Å². The number of benzene rings is 2. The molecule has 3 heteroatoms. The molecule has 2 aromatic rings. The number of hydrogen-bond donors (Lipinski definition) is 2. The van der Waals surface area contributed by atoms with Gasteiger partial charge in [0, 0.05) is 5.69 Å². The third-order valence-electron chi connectivity index (χ3n) is 3.50. The van der Waals surface area contributed by atoms with E-state index in [-0.39, 0.29) is 18.5 Å². The third-order valence-corrected chi connectivity index (χ3v) is 3.50. The van der Waals surface area contributed by atoms with Gasteiger partial charge in [0.1, 0.15) is 5.82 Å². The molecule has 0 saturated carbocycles. The Morgan fingerprint density at radius 1 is 1.05 bits per heavy atom. The van der Waals surface area contributed by atoms with Crippen LogP contribution in [0.1, 0.15) is 28.3 Å². The molecule has 0 bridgehead atoms. The molecule has 0 fully saturated rings. The predicted octanol–water partition coefficient (Wildman–Crippen LogP) is 3.90. The maximum absolute atomic E-state index is 13.4. The van der Waals surface area contributed by atoms with Crippen LogP contribution in [0.4, 0.5) is 10.1 Å². The van der Waals surface area contributed by atoms with Crippen molar-refractivity contribution in [2.75, 3.05) is 11.9 Å². The summed E-state index contributed by atoms with van der Waals surface area (Å²) in [5, 5.41) is 12.8. The summed E-state index contributed by atoms with van der Waals surface area (Å²) in [7, 11) is 0. The maximum atomic E-state index is 13.4. The number of hydrogen-bond acceptors (Lipinski definition) is 2. The molecule has 0 saturated heterocycles. The Kier molecular flexibility index (Phi) is 4.40. The van der Waals surface area contributed by atoms with Gasteiger partial charge in [-0.1, -0.05) is 18.2 Å². The molecule has 20 heavy (non-hydrogen) atoms. The molecule has 0 aromatic heterocycles. The van der Waals surface area contributed by atoms with Crippen molar-refractivity contribution in [3.05, 3.63) is 64.5 Å². The van der Waals surface area contributed by atoms with Gasteiger partial charge in [-0.05, 0) is 61.2 Å². The summed E-state index contributed by atoms with van der Waals surface area (Å²) in [6.07, 6.45) is 0. The van der Waals surface area contributed by atoms with Gasteiger partial charge in [0.25, 0.3) is 0 Å². The van der Waals surface area contributed by atoms with Crippen LogP contribution in [-0.2, 0) is 0 Å². The second-order valence-corrected chi connectivity index (χ2v) is 5.24. The zero-order chi connectivity index (χ0) is 14.7. The van der Waals surface area contributed by atoms with Crippen LogP contribution >= 0.6 is 0 Å². The minimum atomic E-state index is -0.274. The summed E-state index contributed by atoms with van der Waals surface area (Å²) >= 11 is 0. The van der Waals surface area contributed by atoms with Gasteiger partial charge in [-0.3, -0.25) is 0 Å². The fourth-order valence-corrected chi connectivity index (χ4v) is 2.24. The van der Waals surface area contributed by atoms with E-state index in [9.17, 15) is 9.50 Å². The van der Waals surface area contributed by atoms with Crippen LogP contribution in [0, 0.1) is 26.6 Å². The van der Waals surface area contributed by atoms with E-state index in [1.165, 1.54) is 23.3 Å². The smallest absolute Gasteiger partial charge is 0.125 e. The van der Waals surface area contributed by atoms with Gasteiger partial charge in [0.2, 0.25) is 0 Å². The van der Waals surface area contributed by atoms with Gasteiger partial charge >= 0.3 is 0 Å². The van der Waals surface area contributed by atoms with Crippen LogP contribution in [0.3, 0.4) is 0 Å². The monoisotopic (exact) mass is 273 g/mol. The fraction of sp³-hybridized carbons (Fsp3) is 0.294. The maximum Gasteiger partial charge on any atom is 0.125 e. The Labute approximate surface area is 119 Å². The lowest BCUT2D eigenvalue weighted by Crippen LogP contribution is -2.15. The van der Waals surface area contributed by atoms with Crippen LogP contribution in [0.25, 0.3) is 0 Å². The van der Waals surface area contributed by atoms with Crippen LogP contribution in [0.15, 0.2) is 36.4 Å². The molecule has 0 aliphatic rings. The number of aliphatic hydroxyl groups is 1. The van der Waals surface area contributed by atoms with Gasteiger partial charge in [0.15, 0.2) is 0 Å². The van der Waals surface area contributed by atoms with E-state index >= 15 is 0 Å². The molecule has 2 aromatic carbocycles. The Bertz CT molecular complexity index is 590. The van der Waals surface area contributed by atoms with E-state index < -0.39 is 0 Å². The normalized spacial score (nSPS) is 12.2. The van der Waals surface area contributed by atoms with Gasteiger partial charge in [-0.2, -0.15) is 0 Å². The minimum Gasteiger partial charge on any atom is -0.394 e. The quantitative estimate of drug-likeness (QED) is 0.885. The summed E-state index contributed by atoms with van der Waals surface area (Å²) in [5.74, 6) is -0.274. The molecule has 2 rings (SSSR count). The second kappa shape index (κ2) is 6.06. The van der Waals surface area contributed by atoms with Crippen LogP contribution in [-0.4, -0.2) is 11.7 Å². The van der Waals surface area contributed by atoms with Crippen molar-refractivity contribution < 1.29 is 9.50 Å². The molecule has 0 aliphatic heterocycles. The molecule has 1 unspecified atom stereocenters. The van der Waals surface area contributed by atoms with Crippen LogP contribution in [0.5, 0.6) is 0 Å². The number of halogens is 1. The molecular weight excluding hydrogens is 253 g/mol. The molecule has 0 aliphatic carbocycles. The highest BCUT2D eigenvalue weighted by Crippen LogP contribution is 2.23. The van der Waals surface area contributed by atoms with E-state index in [2.05, 4.69) is 18.3 Å². The number of rotatable bonds is 4. The molecule has 0 spiro atoms.